The van der Waals surface area contributed by atoms with Crippen LogP contribution in [0.25, 0.3) is 6.08 Å². The summed E-state index contributed by atoms with van der Waals surface area (Å²) >= 11 is 0.572. The summed E-state index contributed by atoms with van der Waals surface area (Å²) in [6.45, 7) is -0.543. The first-order chi connectivity index (χ1) is 14.3. The van der Waals surface area contributed by atoms with E-state index in [1.807, 2.05) is 30.3 Å². The summed E-state index contributed by atoms with van der Waals surface area (Å²) in [4.78, 5) is 47.2. The molecule has 30 heavy (non-hydrogen) atoms. The lowest BCUT2D eigenvalue weighted by Crippen LogP contribution is -2.34. The topological polar surface area (TPSA) is 127 Å². The molecule has 1 heterocycles. The van der Waals surface area contributed by atoms with E-state index in [0.29, 0.717) is 28.6 Å². The number of phenols is 1. The molecule has 10 heteroatoms. The van der Waals surface area contributed by atoms with Gasteiger partial charge in [-0.1, -0.05) is 30.3 Å². The highest BCUT2D eigenvalue weighted by atomic mass is 32.2. The van der Waals surface area contributed by atoms with Crippen LogP contribution in [-0.2, 0) is 20.7 Å². The zero-order valence-corrected chi connectivity index (χ0v) is 16.5. The molecule has 9 nitrogen and oxygen atoms in total. The molecule has 2 amide bonds. The largest absolute Gasteiger partial charge is 0.502 e. The minimum Gasteiger partial charge on any atom is -0.502 e. The van der Waals surface area contributed by atoms with Crippen LogP contribution < -0.4 is 0 Å². The number of imide groups is 1. The Bertz CT molecular complexity index is 1070. The van der Waals surface area contributed by atoms with Crippen molar-refractivity contribution in [2.24, 2.45) is 0 Å². The van der Waals surface area contributed by atoms with Crippen LogP contribution in [0.15, 0.2) is 47.4 Å². The van der Waals surface area contributed by atoms with Crippen LogP contribution in [-0.4, -0.2) is 45.7 Å². The number of amides is 2. The van der Waals surface area contributed by atoms with Gasteiger partial charge in [-0.3, -0.25) is 29.4 Å². The number of esters is 1. The van der Waals surface area contributed by atoms with Crippen molar-refractivity contribution in [2.45, 2.75) is 6.42 Å². The number of nitro groups is 1. The number of benzene rings is 2. The van der Waals surface area contributed by atoms with Crippen LogP contribution in [0, 0.1) is 10.1 Å². The van der Waals surface area contributed by atoms with Crippen molar-refractivity contribution in [3.05, 3.63) is 74.2 Å². The number of thioether (sulfide) groups is 1. The Labute approximate surface area is 175 Å². The van der Waals surface area contributed by atoms with Gasteiger partial charge in [0.05, 0.1) is 16.9 Å². The number of phenolic OH excluding ortho intramolecular Hbond substituents is 1. The lowest BCUT2D eigenvalue weighted by molar-refractivity contribution is -0.385. The highest BCUT2D eigenvalue weighted by Gasteiger charge is 2.37. The van der Waals surface area contributed by atoms with E-state index in [1.165, 1.54) is 18.2 Å². The molecule has 154 valence electrons. The maximum Gasteiger partial charge on any atom is 0.325 e. The van der Waals surface area contributed by atoms with E-state index in [2.05, 4.69) is 4.74 Å². The molecular weight excluding hydrogens is 412 g/mol. The molecule has 0 atom stereocenters. The quantitative estimate of drug-likeness (QED) is 0.322. The molecular formula is C20H16N2O7S. The fraction of sp³-hybridized carbons (Fsp3) is 0.150. The molecule has 2 aromatic rings. The molecule has 3 rings (SSSR count). The molecule has 1 saturated heterocycles. The van der Waals surface area contributed by atoms with E-state index in [0.717, 1.165) is 12.7 Å². The molecule has 0 unspecified atom stereocenters. The number of methoxy groups -OCH3 is 1. The second-order valence-corrected chi connectivity index (χ2v) is 7.31. The normalized spacial score (nSPS) is 15.0. The summed E-state index contributed by atoms with van der Waals surface area (Å²) in [7, 11) is 1.13. The van der Waals surface area contributed by atoms with Crippen LogP contribution >= 0.6 is 11.8 Å². The van der Waals surface area contributed by atoms with Gasteiger partial charge in [0.15, 0.2) is 0 Å². The van der Waals surface area contributed by atoms with E-state index in [4.69, 9.17) is 0 Å². The fourth-order valence-electron chi connectivity index (χ4n) is 2.86. The number of hydrogen-bond acceptors (Lipinski definition) is 8. The highest BCUT2D eigenvalue weighted by molar-refractivity contribution is 8.18. The van der Waals surface area contributed by atoms with Crippen molar-refractivity contribution in [2.75, 3.05) is 13.7 Å². The second-order valence-electron chi connectivity index (χ2n) is 6.32. The standard InChI is InChI=1S/C20H16N2O7S/c1-29-17(23)11-21-19(25)16(30-20(21)26)10-14-8-13(7-12-5-3-2-4-6-12)9-15(18(14)24)22(27)28/h2-6,8-10,24H,7,11H2,1H3/b16-10-. The molecule has 0 radical (unpaired) electrons. The Morgan fingerprint density at radius 1 is 1.23 bits per heavy atom. The maximum absolute atomic E-state index is 12.5. The van der Waals surface area contributed by atoms with Crippen molar-refractivity contribution >= 4 is 40.6 Å². The van der Waals surface area contributed by atoms with Crippen molar-refractivity contribution in [1.82, 2.24) is 4.90 Å². The van der Waals surface area contributed by atoms with Gasteiger partial charge < -0.3 is 9.84 Å². The molecule has 0 aromatic heterocycles. The molecule has 1 fully saturated rings. The average molecular weight is 428 g/mol. The first-order valence-corrected chi connectivity index (χ1v) is 9.48. The van der Waals surface area contributed by atoms with E-state index in [9.17, 15) is 29.6 Å². The lowest BCUT2D eigenvalue weighted by atomic mass is 10.0. The number of hydrogen-bond donors (Lipinski definition) is 1. The molecule has 0 bridgehead atoms. The molecule has 0 saturated carbocycles. The first-order valence-electron chi connectivity index (χ1n) is 8.66. The number of rotatable bonds is 6. The Balaban J connectivity index is 1.98. The van der Waals surface area contributed by atoms with Crippen molar-refractivity contribution in [1.29, 1.82) is 0 Å². The number of aromatic hydroxyl groups is 1. The van der Waals surface area contributed by atoms with Gasteiger partial charge in [-0.25, -0.2) is 0 Å². The summed E-state index contributed by atoms with van der Waals surface area (Å²) in [5.41, 5.74) is 0.967. The van der Waals surface area contributed by atoms with Gasteiger partial charge in [0.1, 0.15) is 6.54 Å². The van der Waals surface area contributed by atoms with Gasteiger partial charge in [-0.15, -0.1) is 0 Å². The fourth-order valence-corrected chi connectivity index (χ4v) is 3.68. The minimum absolute atomic E-state index is 0.0266. The summed E-state index contributed by atoms with van der Waals surface area (Å²) in [6, 6.07) is 12.0. The Kier molecular flexibility index (Phi) is 6.17. The van der Waals surface area contributed by atoms with Crippen LogP contribution in [0.3, 0.4) is 0 Å². The number of nitrogens with zero attached hydrogens (tertiary/aromatic N) is 2. The van der Waals surface area contributed by atoms with E-state index in [1.54, 1.807) is 0 Å². The van der Waals surface area contributed by atoms with Crippen molar-refractivity contribution in [3.8, 4) is 5.75 Å². The second kappa shape index (κ2) is 8.78. The lowest BCUT2D eigenvalue weighted by Gasteiger charge is -2.10. The van der Waals surface area contributed by atoms with Crippen molar-refractivity contribution in [3.63, 3.8) is 0 Å². The van der Waals surface area contributed by atoms with Gasteiger partial charge in [0.2, 0.25) is 5.75 Å². The van der Waals surface area contributed by atoms with Gasteiger partial charge in [-0.05, 0) is 41.5 Å². The van der Waals surface area contributed by atoms with Gasteiger partial charge in [-0.2, -0.15) is 0 Å². The van der Waals surface area contributed by atoms with Crippen LogP contribution in [0.2, 0.25) is 0 Å². The summed E-state index contributed by atoms with van der Waals surface area (Å²) < 4.78 is 4.47. The predicted molar refractivity (Wildman–Crippen MR) is 109 cm³/mol. The van der Waals surface area contributed by atoms with Gasteiger partial charge in [0.25, 0.3) is 11.1 Å². The number of ether oxygens (including phenoxy) is 1. The smallest absolute Gasteiger partial charge is 0.325 e. The van der Waals surface area contributed by atoms with E-state index >= 15 is 0 Å². The summed E-state index contributed by atoms with van der Waals surface area (Å²) in [6.07, 6.45) is 1.58. The van der Waals surface area contributed by atoms with E-state index < -0.39 is 40.0 Å². The van der Waals surface area contributed by atoms with Crippen molar-refractivity contribution < 1.29 is 29.2 Å². The van der Waals surface area contributed by atoms with E-state index in [-0.39, 0.29) is 10.5 Å². The number of carbonyl (C=O) groups excluding carboxylic acids is 3. The van der Waals surface area contributed by atoms with Crippen LogP contribution in [0.4, 0.5) is 10.5 Å². The highest BCUT2D eigenvalue weighted by Crippen LogP contribution is 2.37. The monoisotopic (exact) mass is 428 g/mol. The molecule has 1 aliphatic heterocycles. The van der Waals surface area contributed by atoms with Gasteiger partial charge in [0, 0.05) is 11.6 Å². The Morgan fingerprint density at radius 2 is 1.93 bits per heavy atom. The third-order valence-electron chi connectivity index (χ3n) is 4.30. The molecule has 1 aliphatic rings. The molecule has 1 N–H and O–H groups in total. The third kappa shape index (κ3) is 4.49. The third-order valence-corrected chi connectivity index (χ3v) is 5.21. The zero-order valence-electron chi connectivity index (χ0n) is 15.7. The SMILES string of the molecule is COC(=O)CN1C(=O)S/C(=C\c2cc(Cc3ccccc3)cc([N+](=O)[O-])c2O)C1=O. The average Bonchev–Trinajstić information content (AvgIpc) is 2.98. The minimum atomic E-state index is -0.762. The van der Waals surface area contributed by atoms with Gasteiger partial charge >= 0.3 is 11.7 Å². The maximum atomic E-state index is 12.5. The predicted octanol–water partition coefficient (Wildman–Crippen LogP) is 3.10. The Hall–Kier alpha value is -3.66. The summed E-state index contributed by atoms with van der Waals surface area (Å²) in [5.74, 6) is -2.12. The van der Waals surface area contributed by atoms with Crippen LogP contribution in [0.1, 0.15) is 16.7 Å². The number of nitro benzene ring substituents is 1. The molecule has 0 spiro atoms. The molecule has 0 aliphatic carbocycles. The zero-order chi connectivity index (χ0) is 21.8. The number of carbonyl (C=O) groups is 3. The van der Waals surface area contributed by atoms with Crippen LogP contribution in [0.5, 0.6) is 5.75 Å². The first kappa shape index (κ1) is 21.1. The molecule has 2 aromatic carbocycles. The Morgan fingerprint density at radius 3 is 2.57 bits per heavy atom. The summed E-state index contributed by atoms with van der Waals surface area (Å²) in [5, 5.41) is 21.0.